The van der Waals surface area contributed by atoms with E-state index in [1.165, 1.54) is 52.1 Å². The van der Waals surface area contributed by atoms with Crippen LogP contribution in [0.4, 0.5) is 13.2 Å². The molecule has 13 rings (SSSR count). The molecular weight excluding hydrogens is 1470 g/mol. The van der Waals surface area contributed by atoms with E-state index in [0.29, 0.717) is 88.2 Å². The van der Waals surface area contributed by atoms with Gasteiger partial charge in [-0.1, -0.05) is 225 Å². The van der Waals surface area contributed by atoms with Crippen LogP contribution in [-0.4, -0.2) is 175 Å². The van der Waals surface area contributed by atoms with Gasteiger partial charge >= 0.3 is 6.18 Å². The van der Waals surface area contributed by atoms with Gasteiger partial charge in [-0.3, -0.25) is 38.7 Å². The number of benzene rings is 10. The van der Waals surface area contributed by atoms with Crippen molar-refractivity contribution < 1.29 is 51.4 Å². The van der Waals surface area contributed by atoms with Crippen molar-refractivity contribution in [3.05, 3.63) is 346 Å². The number of ether oxygens (including phenoxy) is 3. The number of nitrogens with one attached hydrogen (secondary N) is 1. The SMILES string of the molecule is CCOc1ccc(C=O)cc1.CCOc1ccc(CN(C(=O)/C=C/c2ccc(C(F)(F)F)cc2)[C@@H](Cc2ccccc2)C(=O)N2CCN(Cc3ccccc3)CC2)cc1.CCOc1ccc(CN[C@@H](Cc2ccccc2)C(=O)N2CCN(Cc3ccccc3)CC2)cc1.C[C@@H](Cc1ccccc1)C(=O)N1CCN(Cc2ccccc2)CC1. The van der Waals surface area contributed by atoms with Crippen molar-refractivity contribution in [1.82, 2.24) is 39.6 Å². The fourth-order valence-electron chi connectivity index (χ4n) is 14.3. The van der Waals surface area contributed by atoms with Crippen molar-refractivity contribution in [3.63, 3.8) is 0 Å². The summed E-state index contributed by atoms with van der Waals surface area (Å²) in [6.45, 7) is 22.6. The number of hydrogen-bond donors (Lipinski definition) is 1. The van der Waals surface area contributed by atoms with E-state index in [1.807, 2.05) is 176 Å². The van der Waals surface area contributed by atoms with E-state index >= 15 is 0 Å². The summed E-state index contributed by atoms with van der Waals surface area (Å²) in [6, 6.07) is 87.6. The summed E-state index contributed by atoms with van der Waals surface area (Å²) in [5.74, 6) is 2.35. The van der Waals surface area contributed by atoms with Crippen LogP contribution in [0.3, 0.4) is 0 Å². The van der Waals surface area contributed by atoms with Crippen LogP contribution in [0, 0.1) is 5.92 Å². The maximum atomic E-state index is 14.4. The molecule has 117 heavy (non-hydrogen) atoms. The van der Waals surface area contributed by atoms with Crippen molar-refractivity contribution >= 4 is 36.0 Å². The first-order valence-corrected chi connectivity index (χ1v) is 40.8. The average Bonchev–Trinajstić information content (AvgIpc) is 0.812. The van der Waals surface area contributed by atoms with Crippen LogP contribution >= 0.6 is 0 Å². The molecule has 19 heteroatoms. The minimum Gasteiger partial charge on any atom is -0.494 e. The lowest BCUT2D eigenvalue weighted by Gasteiger charge is -2.39. The van der Waals surface area contributed by atoms with Crippen molar-refractivity contribution in [1.29, 1.82) is 0 Å². The Kier molecular flexibility index (Phi) is 35.2. The molecule has 0 saturated carbocycles. The van der Waals surface area contributed by atoms with Crippen LogP contribution in [0.1, 0.15) is 93.7 Å². The van der Waals surface area contributed by atoms with E-state index in [-0.39, 0.29) is 30.3 Å². The first-order chi connectivity index (χ1) is 57.0. The lowest BCUT2D eigenvalue weighted by molar-refractivity contribution is -0.145. The maximum Gasteiger partial charge on any atom is 0.416 e. The van der Waals surface area contributed by atoms with Crippen molar-refractivity contribution in [2.75, 3.05) is 98.4 Å². The van der Waals surface area contributed by atoms with Crippen LogP contribution in [0.15, 0.2) is 285 Å². The molecule has 0 bridgehead atoms. The molecule has 16 nitrogen and oxygen atoms in total. The van der Waals surface area contributed by atoms with Crippen molar-refractivity contribution in [3.8, 4) is 17.2 Å². The van der Waals surface area contributed by atoms with Crippen molar-refractivity contribution in [2.24, 2.45) is 5.92 Å². The minimum atomic E-state index is -4.45. The quantitative estimate of drug-likeness (QED) is 0.0337. The summed E-state index contributed by atoms with van der Waals surface area (Å²) in [5.41, 5.74) is 9.50. The van der Waals surface area contributed by atoms with Gasteiger partial charge in [0.1, 0.15) is 29.6 Å². The Bertz CT molecular complexity index is 4570. The monoisotopic (exact) mass is 1580 g/mol. The van der Waals surface area contributed by atoms with E-state index in [2.05, 4.69) is 117 Å². The standard InChI is InChI=1S/C39H40F3N3O3.C29H35N3O2.C21H26N2O.C9H10O2/c1-2-48-35-20-15-33(16-21-35)29-45(37(46)22-17-30-13-18-34(19-14-30)39(40,41)42)36(27-31-9-5-3-6-10-31)38(47)44-25-23-43(24-26-44)28-32-11-7-4-8-12-32;1-2-34-27-15-13-25(14-16-27)22-30-28(21-24-9-5-3-6-10-24)29(33)32-19-17-31(18-20-32)23-26-11-7-4-8-12-26;1-18(16-19-8-4-2-5-9-19)21(24)23-14-12-22(13-15-23)17-20-10-6-3-7-11-20;1-2-11-9-5-3-8(7-10)4-6-9/h3-22,36H,2,23-29H2,1H3;3-16,28,30H,2,17-23H2,1H3;2-11,18H,12-17H2,1H3;3-7H,2H2,1H3/b22-17+;;;/t36-;28-;18-;/m000./s1. The number of carbonyl (C=O) groups is 5. The molecule has 0 unspecified atom stereocenters. The second kappa shape index (κ2) is 46.9. The fourth-order valence-corrected chi connectivity index (χ4v) is 14.3. The second-order valence-corrected chi connectivity index (χ2v) is 29.4. The minimum absolute atomic E-state index is 0.0491. The molecular formula is C98H111F3N8O8. The zero-order chi connectivity index (χ0) is 82.4. The van der Waals surface area contributed by atoms with E-state index in [0.717, 1.165) is 125 Å². The zero-order valence-corrected chi connectivity index (χ0v) is 67.8. The number of halogens is 3. The van der Waals surface area contributed by atoms with Gasteiger partial charge in [-0.2, -0.15) is 13.2 Å². The largest absolute Gasteiger partial charge is 0.494 e. The molecule has 0 radical (unpaired) electrons. The normalized spacial score (nSPS) is 14.7. The summed E-state index contributed by atoms with van der Waals surface area (Å²) in [7, 11) is 0. The van der Waals surface area contributed by atoms with E-state index in [4.69, 9.17) is 14.2 Å². The summed E-state index contributed by atoms with van der Waals surface area (Å²) >= 11 is 0. The maximum absolute atomic E-state index is 14.4. The molecule has 1 N–H and O–H groups in total. The number of aldehydes is 1. The Balaban J connectivity index is 0.000000181. The van der Waals surface area contributed by atoms with Gasteiger partial charge in [0.15, 0.2) is 0 Å². The highest BCUT2D eigenvalue weighted by Crippen LogP contribution is 2.30. The highest BCUT2D eigenvalue weighted by atomic mass is 19.4. The van der Waals surface area contributed by atoms with Crippen LogP contribution in [0.25, 0.3) is 6.08 Å². The number of hydrogen-bond acceptors (Lipinski definition) is 12. The van der Waals surface area contributed by atoms with Crippen LogP contribution < -0.4 is 19.5 Å². The Morgan fingerprint density at radius 2 is 0.735 bits per heavy atom. The molecule has 0 aliphatic carbocycles. The summed E-state index contributed by atoms with van der Waals surface area (Å²) in [5, 5.41) is 3.54. The topological polar surface area (TPSA) is 148 Å². The zero-order valence-electron chi connectivity index (χ0n) is 67.8. The third-order valence-corrected chi connectivity index (χ3v) is 20.8. The number of rotatable bonds is 30. The van der Waals surface area contributed by atoms with Gasteiger partial charge in [0, 0.05) is 135 Å². The van der Waals surface area contributed by atoms with Gasteiger partial charge in [-0.15, -0.1) is 0 Å². The highest BCUT2D eigenvalue weighted by molar-refractivity contribution is 5.96. The summed E-state index contributed by atoms with van der Waals surface area (Å²) in [4.78, 5) is 79.6. The van der Waals surface area contributed by atoms with Gasteiger partial charge in [-0.25, -0.2) is 0 Å². The summed E-state index contributed by atoms with van der Waals surface area (Å²) < 4.78 is 55.6. The fraction of sp³-hybridized carbons (Fsp3) is 0.316. The number of piperazine rings is 3. The van der Waals surface area contributed by atoms with Gasteiger partial charge < -0.3 is 39.1 Å². The van der Waals surface area contributed by atoms with Gasteiger partial charge in [0.05, 0.1) is 31.4 Å². The smallest absolute Gasteiger partial charge is 0.416 e. The first-order valence-electron chi connectivity index (χ1n) is 40.8. The van der Waals surface area contributed by atoms with Crippen LogP contribution in [-0.2, 0) is 77.3 Å². The number of amides is 4. The second-order valence-electron chi connectivity index (χ2n) is 29.4. The Morgan fingerprint density at radius 1 is 0.393 bits per heavy atom. The van der Waals surface area contributed by atoms with Crippen molar-refractivity contribution in [2.45, 2.75) is 97.9 Å². The molecule has 3 saturated heterocycles. The average molecular weight is 1590 g/mol. The third-order valence-electron chi connectivity index (χ3n) is 20.8. The predicted molar refractivity (Wildman–Crippen MR) is 458 cm³/mol. The molecule has 10 aromatic rings. The lowest BCUT2D eigenvalue weighted by atomic mass is 9.99. The Hall–Kier alpha value is -11.5. The lowest BCUT2D eigenvalue weighted by Crippen LogP contribution is -2.56. The number of alkyl halides is 3. The third kappa shape index (κ3) is 29.3. The van der Waals surface area contributed by atoms with Crippen LogP contribution in [0.5, 0.6) is 17.2 Å². The number of nitrogens with zero attached hydrogens (tertiary/aromatic N) is 7. The van der Waals surface area contributed by atoms with Gasteiger partial charge in [0.2, 0.25) is 23.6 Å². The molecule has 612 valence electrons. The molecule has 4 amide bonds. The number of carbonyl (C=O) groups excluding carboxylic acids is 5. The predicted octanol–water partition coefficient (Wildman–Crippen LogP) is 16.3. The molecule has 0 spiro atoms. The molecule has 3 fully saturated rings. The molecule has 3 aliphatic heterocycles. The summed E-state index contributed by atoms with van der Waals surface area (Å²) in [6.07, 6.45) is 0.992. The van der Waals surface area contributed by atoms with E-state index in [9.17, 15) is 37.1 Å². The molecule has 0 aromatic heterocycles. The Labute approximate surface area is 689 Å². The molecule has 3 heterocycles. The first kappa shape index (κ1) is 87.9. The highest BCUT2D eigenvalue weighted by Gasteiger charge is 2.36. The Morgan fingerprint density at radius 3 is 1.12 bits per heavy atom. The van der Waals surface area contributed by atoms with E-state index < -0.39 is 23.7 Å². The molecule has 3 atom stereocenters. The van der Waals surface area contributed by atoms with Gasteiger partial charge in [-0.05, 0) is 150 Å². The van der Waals surface area contributed by atoms with Gasteiger partial charge in [0.25, 0.3) is 0 Å². The van der Waals surface area contributed by atoms with Crippen LogP contribution in [0.2, 0.25) is 0 Å². The van der Waals surface area contributed by atoms with E-state index in [1.54, 1.807) is 29.2 Å². The molecule has 10 aromatic carbocycles. The molecule has 3 aliphatic rings.